The van der Waals surface area contributed by atoms with Gasteiger partial charge in [0.25, 0.3) is 5.91 Å². The van der Waals surface area contributed by atoms with Crippen molar-refractivity contribution in [2.45, 2.75) is 38.4 Å². The van der Waals surface area contributed by atoms with Gasteiger partial charge in [-0.25, -0.2) is 9.37 Å². The molecule has 0 bridgehead atoms. The summed E-state index contributed by atoms with van der Waals surface area (Å²) in [4.78, 5) is 36.4. The number of fused-ring (bicyclic) bond motifs is 1. The van der Waals surface area contributed by atoms with Gasteiger partial charge in [0.1, 0.15) is 11.6 Å². The van der Waals surface area contributed by atoms with Gasteiger partial charge in [-0.3, -0.25) is 14.5 Å². The molecule has 5 rings (SSSR count). The van der Waals surface area contributed by atoms with Crippen molar-refractivity contribution in [3.05, 3.63) is 58.5 Å². The minimum atomic E-state index is -0.778. The maximum atomic E-state index is 14.1. The third-order valence-electron chi connectivity index (χ3n) is 7.18. The van der Waals surface area contributed by atoms with Gasteiger partial charge in [0.05, 0.1) is 36.1 Å². The van der Waals surface area contributed by atoms with Crippen molar-refractivity contribution in [3.8, 4) is 0 Å². The van der Waals surface area contributed by atoms with Crippen LogP contribution < -0.4 is 10.6 Å². The van der Waals surface area contributed by atoms with Gasteiger partial charge in [-0.2, -0.15) is 0 Å². The van der Waals surface area contributed by atoms with E-state index in [9.17, 15) is 14.0 Å². The first kappa shape index (κ1) is 22.7. The maximum Gasteiger partial charge on any atom is 0.255 e. The molecule has 1 atom stereocenters. The number of ether oxygens (including phenoxy) is 1. The molecule has 180 valence electrons. The number of amides is 2. The molecule has 0 aliphatic carbocycles. The summed E-state index contributed by atoms with van der Waals surface area (Å²) in [5, 5.41) is 0. The number of benzene rings is 1. The molecule has 1 aromatic heterocycles. The van der Waals surface area contributed by atoms with E-state index in [4.69, 9.17) is 15.5 Å². The van der Waals surface area contributed by atoms with E-state index in [0.29, 0.717) is 5.56 Å². The Morgan fingerprint density at radius 3 is 2.62 bits per heavy atom. The quantitative estimate of drug-likeness (QED) is 0.726. The molecule has 3 aliphatic rings. The molecule has 4 heterocycles. The molecule has 0 saturated carbocycles. The van der Waals surface area contributed by atoms with Crippen LogP contribution in [0.2, 0.25) is 0 Å². The molecule has 9 heteroatoms. The number of piperidine rings is 1. The highest BCUT2D eigenvalue weighted by Gasteiger charge is 2.41. The second-order valence-corrected chi connectivity index (χ2v) is 9.26. The number of morpholine rings is 1. The van der Waals surface area contributed by atoms with Gasteiger partial charge in [0.2, 0.25) is 5.91 Å². The number of pyridine rings is 1. The van der Waals surface area contributed by atoms with Gasteiger partial charge in [-0.15, -0.1) is 0 Å². The largest absolute Gasteiger partial charge is 0.378 e. The lowest BCUT2D eigenvalue weighted by Crippen LogP contribution is -2.46. The van der Waals surface area contributed by atoms with E-state index in [1.54, 1.807) is 0 Å². The van der Waals surface area contributed by atoms with Crippen molar-refractivity contribution >= 4 is 17.6 Å². The van der Waals surface area contributed by atoms with E-state index in [0.717, 1.165) is 76.4 Å². The van der Waals surface area contributed by atoms with Crippen molar-refractivity contribution < 1.29 is 18.7 Å². The summed E-state index contributed by atoms with van der Waals surface area (Å²) >= 11 is 0. The summed E-state index contributed by atoms with van der Waals surface area (Å²) in [5.41, 5.74) is 7.24. The molecule has 2 aromatic rings. The number of aromatic nitrogens is 1. The fourth-order valence-electron chi connectivity index (χ4n) is 5.44. The van der Waals surface area contributed by atoms with Gasteiger partial charge in [0.15, 0.2) is 0 Å². The zero-order valence-corrected chi connectivity index (χ0v) is 19.4. The monoisotopic (exact) mass is 467 g/mol. The fraction of sp³-hybridized carbons (Fsp3) is 0.480. The Bertz CT molecular complexity index is 1100. The molecule has 2 amide bonds. The number of carbonyl (C=O) groups excluding carboxylic acids is 2. The SMILES string of the molecule is CC1c2cc(F)cc(C(N)=O)c2C(=O)N1C1CCN(Cc2cccc(N3CCOCC3)n2)CC1. The Kier molecular flexibility index (Phi) is 6.22. The number of rotatable bonds is 5. The molecule has 8 nitrogen and oxygen atoms in total. The van der Waals surface area contributed by atoms with Crippen molar-refractivity contribution in [2.75, 3.05) is 44.3 Å². The predicted octanol–water partition coefficient (Wildman–Crippen LogP) is 2.34. The molecular weight excluding hydrogens is 437 g/mol. The van der Waals surface area contributed by atoms with E-state index < -0.39 is 11.7 Å². The second kappa shape index (κ2) is 9.31. The zero-order chi connectivity index (χ0) is 23.8. The lowest BCUT2D eigenvalue weighted by atomic mass is 9.99. The van der Waals surface area contributed by atoms with Crippen LogP contribution in [0.15, 0.2) is 30.3 Å². The van der Waals surface area contributed by atoms with Crippen LogP contribution >= 0.6 is 0 Å². The number of likely N-dealkylation sites (tertiary alicyclic amines) is 1. The van der Waals surface area contributed by atoms with Crippen LogP contribution in [-0.4, -0.2) is 72.0 Å². The number of hydrogen-bond donors (Lipinski definition) is 1. The van der Waals surface area contributed by atoms with Crippen molar-refractivity contribution in [2.24, 2.45) is 5.73 Å². The molecular formula is C25H30FN5O3. The molecule has 0 spiro atoms. The Morgan fingerprint density at radius 1 is 1.18 bits per heavy atom. The normalized spacial score (nSPS) is 21.7. The predicted molar refractivity (Wildman–Crippen MR) is 125 cm³/mol. The molecule has 34 heavy (non-hydrogen) atoms. The van der Waals surface area contributed by atoms with Crippen LogP contribution in [0.5, 0.6) is 0 Å². The summed E-state index contributed by atoms with van der Waals surface area (Å²) in [6.45, 7) is 7.47. The molecule has 2 N–H and O–H groups in total. The minimum Gasteiger partial charge on any atom is -0.378 e. The summed E-state index contributed by atoms with van der Waals surface area (Å²) in [5.74, 6) is -0.562. The summed E-state index contributed by atoms with van der Waals surface area (Å²) in [7, 11) is 0. The number of nitrogens with two attached hydrogens (primary N) is 1. The van der Waals surface area contributed by atoms with Crippen LogP contribution in [0.25, 0.3) is 0 Å². The summed E-state index contributed by atoms with van der Waals surface area (Å²) in [6, 6.07) is 8.31. The molecule has 3 aliphatic heterocycles. The van der Waals surface area contributed by atoms with E-state index >= 15 is 0 Å². The first-order chi connectivity index (χ1) is 16.4. The number of hydrogen-bond acceptors (Lipinski definition) is 6. The third kappa shape index (κ3) is 4.25. The van der Waals surface area contributed by atoms with E-state index in [-0.39, 0.29) is 29.1 Å². The number of halogens is 1. The van der Waals surface area contributed by atoms with E-state index in [1.165, 1.54) is 6.07 Å². The number of primary amides is 1. The van der Waals surface area contributed by atoms with Gasteiger partial charge in [-0.05, 0) is 49.6 Å². The number of carbonyl (C=O) groups is 2. The van der Waals surface area contributed by atoms with Crippen molar-refractivity contribution in [1.29, 1.82) is 0 Å². The topological polar surface area (TPSA) is 92.0 Å². The Hall–Kier alpha value is -3.04. The standard InChI is InChI=1S/C25H30FN5O3/c1-16-20-13-17(26)14-21(24(27)32)23(20)25(33)31(16)19-5-7-29(8-6-19)15-18-3-2-4-22(28-18)30-9-11-34-12-10-30/h2-4,13-14,16,19H,5-12,15H2,1H3,(H2,27,32). The first-order valence-electron chi connectivity index (χ1n) is 11.9. The maximum absolute atomic E-state index is 14.1. The molecule has 2 fully saturated rings. The molecule has 1 unspecified atom stereocenters. The van der Waals surface area contributed by atoms with Crippen molar-refractivity contribution in [1.82, 2.24) is 14.8 Å². The smallest absolute Gasteiger partial charge is 0.255 e. The number of nitrogens with zero attached hydrogens (tertiary/aromatic N) is 4. The zero-order valence-electron chi connectivity index (χ0n) is 19.4. The Balaban J connectivity index is 1.24. The highest BCUT2D eigenvalue weighted by atomic mass is 19.1. The van der Waals surface area contributed by atoms with Gasteiger partial charge < -0.3 is 20.3 Å². The van der Waals surface area contributed by atoms with Gasteiger partial charge in [0, 0.05) is 38.8 Å². The third-order valence-corrected chi connectivity index (χ3v) is 7.18. The summed E-state index contributed by atoms with van der Waals surface area (Å²) < 4.78 is 19.5. The van der Waals surface area contributed by atoms with Crippen LogP contribution in [0, 0.1) is 5.82 Å². The average molecular weight is 468 g/mol. The average Bonchev–Trinajstić information content (AvgIpc) is 3.09. The highest BCUT2D eigenvalue weighted by molar-refractivity contribution is 6.09. The second-order valence-electron chi connectivity index (χ2n) is 9.26. The van der Waals surface area contributed by atoms with E-state index in [2.05, 4.69) is 21.9 Å². The van der Waals surface area contributed by atoms with Gasteiger partial charge in [-0.1, -0.05) is 6.07 Å². The Labute approximate surface area is 198 Å². The Morgan fingerprint density at radius 2 is 1.91 bits per heavy atom. The van der Waals surface area contributed by atoms with Crippen LogP contribution in [-0.2, 0) is 11.3 Å². The van der Waals surface area contributed by atoms with Crippen LogP contribution in [0.1, 0.15) is 57.8 Å². The van der Waals surface area contributed by atoms with Gasteiger partial charge >= 0.3 is 0 Å². The molecule has 0 radical (unpaired) electrons. The van der Waals surface area contributed by atoms with Crippen LogP contribution in [0.3, 0.4) is 0 Å². The summed E-state index contributed by atoms with van der Waals surface area (Å²) in [6.07, 6.45) is 1.61. The molecule has 1 aromatic carbocycles. The lowest BCUT2D eigenvalue weighted by molar-refractivity contribution is 0.0509. The lowest BCUT2D eigenvalue weighted by Gasteiger charge is -2.38. The minimum absolute atomic E-state index is 0.0296. The van der Waals surface area contributed by atoms with Crippen molar-refractivity contribution in [3.63, 3.8) is 0 Å². The van der Waals surface area contributed by atoms with Crippen LogP contribution in [0.4, 0.5) is 10.2 Å². The molecule has 2 saturated heterocycles. The first-order valence-corrected chi connectivity index (χ1v) is 11.9. The van der Waals surface area contributed by atoms with E-state index in [1.807, 2.05) is 17.9 Å². The fourth-order valence-corrected chi connectivity index (χ4v) is 5.44. The highest BCUT2D eigenvalue weighted by Crippen LogP contribution is 2.39. The number of anilines is 1.